The van der Waals surface area contributed by atoms with E-state index in [1.54, 1.807) is 4.90 Å². The Bertz CT molecular complexity index is 653. The number of nitrogens with zero attached hydrogens (tertiary/aromatic N) is 2. The molecule has 3 rings (SSSR count). The van der Waals surface area contributed by atoms with Crippen LogP contribution in [0.1, 0.15) is 24.8 Å². The summed E-state index contributed by atoms with van der Waals surface area (Å²) >= 11 is 0. The number of hydrogen-bond acceptors (Lipinski definition) is 3. The van der Waals surface area contributed by atoms with E-state index >= 15 is 0 Å². The highest BCUT2D eigenvalue weighted by Crippen LogP contribution is 2.46. The Morgan fingerprint density at radius 2 is 1.79 bits per heavy atom. The van der Waals surface area contributed by atoms with Crippen molar-refractivity contribution >= 4 is 11.8 Å². The quantitative estimate of drug-likeness (QED) is 0.892. The lowest BCUT2D eigenvalue weighted by Crippen LogP contribution is -2.57. The minimum Gasteiger partial charge on any atom is -0.369 e. The zero-order chi connectivity index (χ0) is 17.3. The molecule has 0 radical (unpaired) electrons. The molecule has 1 heterocycles. The Balaban J connectivity index is 1.74. The van der Waals surface area contributed by atoms with Crippen molar-refractivity contribution in [2.75, 3.05) is 32.7 Å². The van der Waals surface area contributed by atoms with Gasteiger partial charge in [0.05, 0.1) is 12.0 Å². The maximum absolute atomic E-state index is 14.2. The van der Waals surface area contributed by atoms with Crippen molar-refractivity contribution in [3.63, 3.8) is 0 Å². The molecule has 1 aliphatic heterocycles. The highest BCUT2D eigenvalue weighted by molar-refractivity contribution is 5.89. The van der Waals surface area contributed by atoms with Crippen molar-refractivity contribution in [1.82, 2.24) is 9.80 Å². The van der Waals surface area contributed by atoms with Crippen LogP contribution in [0.15, 0.2) is 18.2 Å². The second-order valence-electron chi connectivity index (χ2n) is 6.59. The van der Waals surface area contributed by atoms with E-state index in [0.717, 1.165) is 12.5 Å². The summed E-state index contributed by atoms with van der Waals surface area (Å²) in [6.07, 6.45) is 2.01. The van der Waals surface area contributed by atoms with Crippen LogP contribution in [-0.4, -0.2) is 54.3 Å². The lowest BCUT2D eigenvalue weighted by atomic mass is 9.63. The largest absolute Gasteiger partial charge is 0.369 e. The van der Waals surface area contributed by atoms with E-state index in [1.807, 2.05) is 4.90 Å². The first-order chi connectivity index (χ1) is 11.4. The number of carbonyl (C=O) groups is 2. The fraction of sp³-hybridized carbons (Fsp3) is 0.529. The molecular weight excluding hydrogens is 316 g/mol. The maximum atomic E-state index is 14.2. The number of amides is 2. The van der Waals surface area contributed by atoms with Crippen LogP contribution in [0.5, 0.6) is 0 Å². The van der Waals surface area contributed by atoms with Crippen LogP contribution in [0.2, 0.25) is 0 Å². The zero-order valence-electron chi connectivity index (χ0n) is 13.4. The first-order valence-corrected chi connectivity index (χ1v) is 8.18. The number of piperazine rings is 1. The zero-order valence-corrected chi connectivity index (χ0v) is 13.4. The van der Waals surface area contributed by atoms with Gasteiger partial charge in [0, 0.05) is 37.8 Å². The molecule has 5 nitrogen and oxygen atoms in total. The van der Waals surface area contributed by atoms with Gasteiger partial charge in [-0.2, -0.15) is 0 Å². The van der Waals surface area contributed by atoms with Gasteiger partial charge in [0.2, 0.25) is 11.8 Å². The van der Waals surface area contributed by atoms with Crippen LogP contribution in [0.25, 0.3) is 0 Å². The van der Waals surface area contributed by atoms with Crippen molar-refractivity contribution in [2.45, 2.75) is 24.7 Å². The molecule has 0 unspecified atom stereocenters. The average molecular weight is 337 g/mol. The number of benzene rings is 1. The Morgan fingerprint density at radius 1 is 1.12 bits per heavy atom. The Kier molecular flexibility index (Phi) is 4.54. The van der Waals surface area contributed by atoms with Gasteiger partial charge in [0.15, 0.2) is 0 Å². The fourth-order valence-corrected chi connectivity index (χ4v) is 3.64. The van der Waals surface area contributed by atoms with Crippen LogP contribution in [-0.2, 0) is 15.0 Å². The Hall–Kier alpha value is -2.02. The van der Waals surface area contributed by atoms with Crippen molar-refractivity contribution in [1.29, 1.82) is 0 Å². The van der Waals surface area contributed by atoms with Gasteiger partial charge < -0.3 is 10.6 Å². The number of nitrogens with two attached hydrogens (primary N) is 1. The predicted molar refractivity (Wildman–Crippen MR) is 84.1 cm³/mol. The number of carbonyl (C=O) groups excluding carboxylic acids is 2. The smallest absolute Gasteiger partial charge is 0.233 e. The third kappa shape index (κ3) is 3.00. The van der Waals surface area contributed by atoms with E-state index in [4.69, 9.17) is 5.73 Å². The lowest BCUT2D eigenvalue weighted by molar-refractivity contribution is -0.143. The summed E-state index contributed by atoms with van der Waals surface area (Å²) in [5.41, 5.74) is 4.61. The molecule has 130 valence electrons. The molecule has 1 aliphatic carbocycles. The summed E-state index contributed by atoms with van der Waals surface area (Å²) in [7, 11) is 0. The Labute approximate surface area is 139 Å². The molecule has 1 saturated heterocycles. The first kappa shape index (κ1) is 16.8. The van der Waals surface area contributed by atoms with Crippen molar-refractivity contribution < 1.29 is 18.4 Å². The lowest BCUT2D eigenvalue weighted by Gasteiger charge is -2.46. The summed E-state index contributed by atoms with van der Waals surface area (Å²) in [5, 5.41) is 0. The summed E-state index contributed by atoms with van der Waals surface area (Å²) in [6.45, 7) is 2.28. The topological polar surface area (TPSA) is 66.6 Å². The Morgan fingerprint density at radius 3 is 2.29 bits per heavy atom. The summed E-state index contributed by atoms with van der Waals surface area (Å²) in [4.78, 5) is 27.6. The molecule has 0 aromatic heterocycles. The minimum absolute atomic E-state index is 0.0991. The molecule has 0 atom stereocenters. The summed E-state index contributed by atoms with van der Waals surface area (Å²) in [5.74, 6) is -1.79. The monoisotopic (exact) mass is 337 g/mol. The van der Waals surface area contributed by atoms with Gasteiger partial charge in [-0.15, -0.1) is 0 Å². The van der Waals surface area contributed by atoms with Gasteiger partial charge in [0.1, 0.15) is 11.6 Å². The van der Waals surface area contributed by atoms with E-state index < -0.39 is 23.0 Å². The maximum Gasteiger partial charge on any atom is 0.233 e. The van der Waals surface area contributed by atoms with E-state index in [1.165, 1.54) is 12.1 Å². The van der Waals surface area contributed by atoms with Crippen LogP contribution in [0.3, 0.4) is 0 Å². The van der Waals surface area contributed by atoms with Crippen LogP contribution >= 0.6 is 0 Å². The van der Waals surface area contributed by atoms with Crippen LogP contribution in [0.4, 0.5) is 8.78 Å². The second-order valence-corrected chi connectivity index (χ2v) is 6.59. The predicted octanol–water partition coefficient (Wildman–Crippen LogP) is 1.02. The van der Waals surface area contributed by atoms with Gasteiger partial charge in [0.25, 0.3) is 0 Å². The first-order valence-electron chi connectivity index (χ1n) is 8.18. The molecule has 0 spiro atoms. The number of halogens is 2. The molecule has 1 aromatic rings. The minimum atomic E-state index is -0.871. The second kappa shape index (κ2) is 6.47. The third-order valence-corrected chi connectivity index (χ3v) is 5.10. The van der Waals surface area contributed by atoms with E-state index in [9.17, 15) is 18.4 Å². The molecule has 2 N–H and O–H groups in total. The molecule has 24 heavy (non-hydrogen) atoms. The fourth-order valence-electron chi connectivity index (χ4n) is 3.64. The van der Waals surface area contributed by atoms with E-state index in [0.29, 0.717) is 44.6 Å². The molecule has 2 amide bonds. The molecule has 0 bridgehead atoms. The van der Waals surface area contributed by atoms with Gasteiger partial charge in [-0.3, -0.25) is 14.5 Å². The van der Waals surface area contributed by atoms with Crippen molar-refractivity contribution in [2.24, 2.45) is 5.73 Å². The third-order valence-electron chi connectivity index (χ3n) is 5.10. The van der Waals surface area contributed by atoms with Crippen LogP contribution in [0, 0.1) is 11.6 Å². The molecule has 2 aliphatic rings. The van der Waals surface area contributed by atoms with Gasteiger partial charge >= 0.3 is 0 Å². The molecule has 1 saturated carbocycles. The van der Waals surface area contributed by atoms with Crippen LogP contribution < -0.4 is 5.73 Å². The summed E-state index contributed by atoms with van der Waals surface area (Å²) in [6, 6.07) is 3.44. The molecule has 2 fully saturated rings. The standard InChI is InChI=1S/C17H21F2N3O2/c18-12-2-3-13(14(19)10-12)17(4-1-5-17)16(24)22-8-6-21(7-9-22)11-15(20)23/h2-3,10H,1,4-9,11H2,(H2,20,23). The number of hydrogen-bond donors (Lipinski definition) is 1. The molecule has 7 heteroatoms. The van der Waals surface area contributed by atoms with Gasteiger partial charge in [-0.25, -0.2) is 8.78 Å². The highest BCUT2D eigenvalue weighted by atomic mass is 19.1. The normalized spacial score (nSPS) is 20.5. The van der Waals surface area contributed by atoms with Gasteiger partial charge in [-0.1, -0.05) is 12.5 Å². The molecule has 1 aromatic carbocycles. The number of rotatable bonds is 4. The highest BCUT2D eigenvalue weighted by Gasteiger charge is 2.49. The summed E-state index contributed by atoms with van der Waals surface area (Å²) < 4.78 is 27.4. The van der Waals surface area contributed by atoms with Crippen molar-refractivity contribution in [3.05, 3.63) is 35.4 Å². The average Bonchev–Trinajstić information content (AvgIpc) is 2.48. The number of primary amides is 1. The van der Waals surface area contributed by atoms with E-state index in [2.05, 4.69) is 0 Å². The van der Waals surface area contributed by atoms with E-state index in [-0.39, 0.29) is 12.5 Å². The molecular formula is C17H21F2N3O2. The van der Waals surface area contributed by atoms with Gasteiger partial charge in [-0.05, 0) is 18.9 Å². The SMILES string of the molecule is NC(=O)CN1CCN(C(=O)C2(c3ccc(F)cc3F)CCC2)CC1. The van der Waals surface area contributed by atoms with Crippen molar-refractivity contribution in [3.8, 4) is 0 Å².